The van der Waals surface area contributed by atoms with E-state index >= 15 is 0 Å². The minimum atomic E-state index is -0.462. The lowest BCUT2D eigenvalue weighted by Crippen LogP contribution is -2.40. The van der Waals surface area contributed by atoms with Crippen LogP contribution >= 0.6 is 11.3 Å². The van der Waals surface area contributed by atoms with Gasteiger partial charge in [-0.3, -0.25) is 4.79 Å². The van der Waals surface area contributed by atoms with E-state index < -0.39 is 6.10 Å². The molecule has 1 fully saturated rings. The van der Waals surface area contributed by atoms with Crippen molar-refractivity contribution < 1.29 is 14.6 Å². The van der Waals surface area contributed by atoms with Crippen molar-refractivity contribution in [3.05, 3.63) is 52.0 Å². The summed E-state index contributed by atoms with van der Waals surface area (Å²) in [5.41, 5.74) is 1.44. The van der Waals surface area contributed by atoms with E-state index in [0.29, 0.717) is 25.4 Å². The smallest absolute Gasteiger partial charge is 0.273 e. The number of carbonyl (C=O) groups is 1. The predicted octanol–water partition coefficient (Wildman–Crippen LogP) is 2.88. The first-order chi connectivity index (χ1) is 11.7. The second kappa shape index (κ2) is 7.88. The van der Waals surface area contributed by atoms with Gasteiger partial charge >= 0.3 is 0 Å². The molecule has 5 nitrogen and oxygen atoms in total. The zero-order chi connectivity index (χ0) is 16.9. The molecule has 1 amide bonds. The Balaban J connectivity index is 1.57. The fourth-order valence-corrected chi connectivity index (χ4v) is 3.84. The Morgan fingerprint density at radius 2 is 2.08 bits per heavy atom. The van der Waals surface area contributed by atoms with E-state index in [-0.39, 0.29) is 11.8 Å². The van der Waals surface area contributed by atoms with E-state index in [9.17, 15) is 9.90 Å². The van der Waals surface area contributed by atoms with Crippen molar-refractivity contribution in [3.8, 4) is 0 Å². The first-order valence-electron chi connectivity index (χ1n) is 8.14. The van der Waals surface area contributed by atoms with Gasteiger partial charge in [-0.05, 0) is 24.3 Å². The highest BCUT2D eigenvalue weighted by molar-refractivity contribution is 7.09. The van der Waals surface area contributed by atoms with Crippen LogP contribution in [0, 0.1) is 5.92 Å². The van der Waals surface area contributed by atoms with E-state index in [2.05, 4.69) is 4.98 Å². The molecule has 1 aromatic heterocycles. The van der Waals surface area contributed by atoms with Crippen LogP contribution in [0.2, 0.25) is 0 Å². The third-order valence-electron chi connectivity index (χ3n) is 4.45. The first-order valence-corrected chi connectivity index (χ1v) is 9.02. The van der Waals surface area contributed by atoms with E-state index in [1.807, 2.05) is 35.2 Å². The standard InChI is InChI=1S/C18H22N2O3S/c1-23-11-16-19-15(12-24-16)18(22)20-9-7-14(8-10-20)17(21)13-5-3-2-4-6-13/h2-6,12,14,17,21H,7-11H2,1H3/t17-/m1/s1. The van der Waals surface area contributed by atoms with Crippen LogP contribution in [0.3, 0.4) is 0 Å². The number of carbonyl (C=O) groups excluding carboxylic acids is 1. The fourth-order valence-electron chi connectivity index (χ4n) is 3.10. The number of nitrogens with zero attached hydrogens (tertiary/aromatic N) is 2. The van der Waals surface area contributed by atoms with Gasteiger partial charge in [0.25, 0.3) is 5.91 Å². The summed E-state index contributed by atoms with van der Waals surface area (Å²) >= 11 is 1.45. The van der Waals surface area contributed by atoms with Gasteiger partial charge in [-0.2, -0.15) is 0 Å². The lowest BCUT2D eigenvalue weighted by Gasteiger charge is -2.34. The van der Waals surface area contributed by atoms with Gasteiger partial charge < -0.3 is 14.7 Å². The fraction of sp³-hybridized carbons (Fsp3) is 0.444. The maximum atomic E-state index is 12.5. The van der Waals surface area contributed by atoms with Crippen molar-refractivity contribution in [3.63, 3.8) is 0 Å². The average molecular weight is 346 g/mol. The van der Waals surface area contributed by atoms with Gasteiger partial charge in [0, 0.05) is 25.6 Å². The quantitative estimate of drug-likeness (QED) is 0.904. The second-order valence-corrected chi connectivity index (χ2v) is 6.99. The molecular formula is C18H22N2O3S. The average Bonchev–Trinajstić information content (AvgIpc) is 3.10. The summed E-state index contributed by atoms with van der Waals surface area (Å²) in [6.07, 6.45) is 1.14. The van der Waals surface area contributed by atoms with Crippen LogP contribution in [-0.4, -0.2) is 41.1 Å². The largest absolute Gasteiger partial charge is 0.388 e. The minimum Gasteiger partial charge on any atom is -0.388 e. The van der Waals surface area contributed by atoms with Crippen molar-refractivity contribution >= 4 is 17.2 Å². The molecule has 128 valence electrons. The molecule has 1 aliphatic rings. The van der Waals surface area contributed by atoms with Crippen LogP contribution in [0.4, 0.5) is 0 Å². The van der Waals surface area contributed by atoms with Crippen molar-refractivity contribution in [1.29, 1.82) is 0 Å². The van der Waals surface area contributed by atoms with Crippen molar-refractivity contribution in [2.75, 3.05) is 20.2 Å². The molecule has 0 unspecified atom stereocenters. The number of hydrogen-bond acceptors (Lipinski definition) is 5. The Morgan fingerprint density at radius 1 is 1.38 bits per heavy atom. The monoisotopic (exact) mass is 346 g/mol. The number of amides is 1. The minimum absolute atomic E-state index is 0.0266. The molecule has 24 heavy (non-hydrogen) atoms. The van der Waals surface area contributed by atoms with Gasteiger partial charge in [-0.1, -0.05) is 30.3 Å². The number of benzene rings is 1. The zero-order valence-corrected chi connectivity index (χ0v) is 14.5. The van der Waals surface area contributed by atoms with E-state index in [1.54, 1.807) is 12.5 Å². The number of thiazole rings is 1. The van der Waals surface area contributed by atoms with E-state index in [0.717, 1.165) is 23.4 Å². The Bertz CT molecular complexity index is 666. The highest BCUT2D eigenvalue weighted by Crippen LogP contribution is 2.31. The SMILES string of the molecule is COCc1nc(C(=O)N2CCC([C@H](O)c3ccccc3)CC2)cs1. The zero-order valence-electron chi connectivity index (χ0n) is 13.7. The van der Waals surface area contributed by atoms with Gasteiger partial charge in [-0.25, -0.2) is 4.98 Å². The van der Waals surface area contributed by atoms with Crippen LogP contribution in [0.25, 0.3) is 0 Å². The van der Waals surface area contributed by atoms with E-state index in [1.165, 1.54) is 11.3 Å². The molecule has 2 heterocycles. The predicted molar refractivity (Wildman–Crippen MR) is 92.9 cm³/mol. The van der Waals surface area contributed by atoms with Crippen LogP contribution in [0.15, 0.2) is 35.7 Å². The lowest BCUT2D eigenvalue weighted by atomic mass is 9.87. The molecule has 0 bridgehead atoms. The number of ether oxygens (including phenoxy) is 1. The summed E-state index contributed by atoms with van der Waals surface area (Å²) in [6.45, 7) is 1.75. The number of methoxy groups -OCH3 is 1. The third kappa shape index (κ3) is 3.83. The van der Waals surface area contributed by atoms with Crippen LogP contribution in [-0.2, 0) is 11.3 Å². The summed E-state index contributed by atoms with van der Waals surface area (Å²) in [5, 5.41) is 13.1. The number of aliphatic hydroxyl groups is 1. The molecule has 1 N–H and O–H groups in total. The molecule has 2 aromatic rings. The van der Waals surface area contributed by atoms with Gasteiger partial charge in [0.1, 0.15) is 10.7 Å². The lowest BCUT2D eigenvalue weighted by molar-refractivity contribution is 0.0459. The number of rotatable bonds is 5. The summed E-state index contributed by atoms with van der Waals surface area (Å²) in [6, 6.07) is 9.74. The second-order valence-electron chi connectivity index (χ2n) is 6.04. The molecular weight excluding hydrogens is 324 g/mol. The third-order valence-corrected chi connectivity index (χ3v) is 5.28. The summed E-state index contributed by atoms with van der Waals surface area (Å²) < 4.78 is 5.04. The summed E-state index contributed by atoms with van der Waals surface area (Å²) in [5.74, 6) is 0.164. The number of aromatic nitrogens is 1. The van der Waals surface area contributed by atoms with Crippen LogP contribution in [0.5, 0.6) is 0 Å². The van der Waals surface area contributed by atoms with Crippen LogP contribution in [0.1, 0.15) is 40.0 Å². The molecule has 6 heteroatoms. The van der Waals surface area contributed by atoms with Crippen molar-refractivity contribution in [2.45, 2.75) is 25.6 Å². The summed E-state index contributed by atoms with van der Waals surface area (Å²) in [7, 11) is 1.62. The van der Waals surface area contributed by atoms with E-state index in [4.69, 9.17) is 4.74 Å². The van der Waals surface area contributed by atoms with Gasteiger partial charge in [0.05, 0.1) is 12.7 Å². The summed E-state index contributed by atoms with van der Waals surface area (Å²) in [4.78, 5) is 18.7. The molecule has 1 saturated heterocycles. The molecule has 0 saturated carbocycles. The highest BCUT2D eigenvalue weighted by atomic mass is 32.1. The molecule has 1 aromatic carbocycles. The van der Waals surface area contributed by atoms with Crippen LogP contribution < -0.4 is 0 Å². The van der Waals surface area contributed by atoms with Crippen molar-refractivity contribution in [1.82, 2.24) is 9.88 Å². The Labute approximate surface area is 145 Å². The number of hydrogen-bond donors (Lipinski definition) is 1. The topological polar surface area (TPSA) is 62.7 Å². The molecule has 3 rings (SSSR count). The van der Waals surface area contributed by atoms with Crippen molar-refractivity contribution in [2.24, 2.45) is 5.92 Å². The molecule has 0 radical (unpaired) electrons. The highest BCUT2D eigenvalue weighted by Gasteiger charge is 2.29. The normalized spacial score (nSPS) is 17.0. The number of aliphatic hydroxyl groups excluding tert-OH is 1. The molecule has 0 aliphatic carbocycles. The van der Waals surface area contributed by atoms with Gasteiger partial charge in [0.2, 0.25) is 0 Å². The maximum absolute atomic E-state index is 12.5. The first kappa shape index (κ1) is 17.1. The molecule has 1 atom stereocenters. The maximum Gasteiger partial charge on any atom is 0.273 e. The number of likely N-dealkylation sites (tertiary alicyclic amines) is 1. The Morgan fingerprint density at radius 3 is 2.75 bits per heavy atom. The molecule has 0 spiro atoms. The van der Waals surface area contributed by atoms with Gasteiger partial charge in [-0.15, -0.1) is 11.3 Å². The molecule has 1 aliphatic heterocycles. The van der Waals surface area contributed by atoms with Gasteiger partial charge in [0.15, 0.2) is 0 Å². The Kier molecular flexibility index (Phi) is 5.60. The number of piperidine rings is 1. The Hall–Kier alpha value is -1.76.